The summed E-state index contributed by atoms with van der Waals surface area (Å²) in [6, 6.07) is 18.1. The lowest BCUT2D eigenvalue weighted by molar-refractivity contribution is -0.137. The Balaban J connectivity index is 1.68. The number of ketones is 1. The molecule has 0 aliphatic carbocycles. The summed E-state index contributed by atoms with van der Waals surface area (Å²) in [4.78, 5) is 29.9. The predicted octanol–water partition coefficient (Wildman–Crippen LogP) is 4.51. The third-order valence-corrected chi connectivity index (χ3v) is 5.96. The van der Waals surface area contributed by atoms with E-state index in [1.807, 2.05) is 36.4 Å². The van der Waals surface area contributed by atoms with Crippen LogP contribution < -0.4 is 20.5 Å². The summed E-state index contributed by atoms with van der Waals surface area (Å²) in [5.41, 5.74) is 7.28. The van der Waals surface area contributed by atoms with Gasteiger partial charge in [0.2, 0.25) is 5.91 Å². The van der Waals surface area contributed by atoms with Gasteiger partial charge in [0.25, 0.3) is 0 Å². The van der Waals surface area contributed by atoms with Crippen LogP contribution in [0.2, 0.25) is 0 Å². The Hall–Kier alpha value is -4.34. The van der Waals surface area contributed by atoms with Crippen molar-refractivity contribution in [3.05, 3.63) is 95.1 Å². The van der Waals surface area contributed by atoms with Crippen LogP contribution in [0.5, 0.6) is 11.5 Å². The second-order valence-corrected chi connectivity index (χ2v) is 8.80. The molecule has 0 spiro atoms. The van der Waals surface area contributed by atoms with Gasteiger partial charge in [0.15, 0.2) is 23.2 Å². The highest BCUT2D eigenvalue weighted by Gasteiger charge is 2.30. The number of nitrogens with one attached hydrogen (secondary N) is 1. The average Bonchev–Trinajstić information content (AvgIpc) is 2.91. The van der Waals surface area contributed by atoms with Crippen LogP contribution in [0.25, 0.3) is 0 Å². The first-order valence-electron chi connectivity index (χ1n) is 12.2. The van der Waals surface area contributed by atoms with E-state index in [1.165, 1.54) is 19.2 Å². The van der Waals surface area contributed by atoms with Gasteiger partial charge in [-0.2, -0.15) is 13.2 Å². The molecule has 3 N–H and O–H groups in total. The zero-order chi connectivity index (χ0) is 28.4. The van der Waals surface area contributed by atoms with Gasteiger partial charge in [0.1, 0.15) is 6.04 Å². The van der Waals surface area contributed by atoms with Crippen molar-refractivity contribution >= 4 is 17.6 Å². The van der Waals surface area contributed by atoms with E-state index in [9.17, 15) is 22.8 Å². The van der Waals surface area contributed by atoms with E-state index in [0.29, 0.717) is 23.5 Å². The lowest BCUT2D eigenvalue weighted by Gasteiger charge is -2.14. The highest BCUT2D eigenvalue weighted by molar-refractivity contribution is 5.98. The predicted molar refractivity (Wildman–Crippen MR) is 142 cm³/mol. The molecule has 3 aromatic rings. The van der Waals surface area contributed by atoms with Gasteiger partial charge < -0.3 is 15.2 Å². The highest BCUT2D eigenvalue weighted by atomic mass is 19.4. The van der Waals surface area contributed by atoms with Crippen molar-refractivity contribution in [1.82, 2.24) is 5.32 Å². The van der Waals surface area contributed by atoms with Gasteiger partial charge in [-0.1, -0.05) is 48.5 Å². The van der Waals surface area contributed by atoms with Gasteiger partial charge >= 0.3 is 6.18 Å². The monoisotopic (exact) mass is 541 g/mol. The smallest absolute Gasteiger partial charge is 0.416 e. The van der Waals surface area contributed by atoms with Crippen molar-refractivity contribution in [1.29, 1.82) is 0 Å². The molecule has 0 aromatic heterocycles. The van der Waals surface area contributed by atoms with Crippen molar-refractivity contribution in [3.8, 4) is 11.5 Å². The van der Waals surface area contributed by atoms with E-state index in [2.05, 4.69) is 10.3 Å². The molecule has 1 atom stereocenters. The first kappa shape index (κ1) is 29.2. The number of hydrogen-bond acceptors (Lipinski definition) is 5. The Labute approximate surface area is 224 Å². The molecule has 0 bridgehead atoms. The van der Waals surface area contributed by atoms with E-state index in [-0.39, 0.29) is 31.0 Å². The van der Waals surface area contributed by atoms with Crippen molar-refractivity contribution in [2.45, 2.75) is 37.9 Å². The van der Waals surface area contributed by atoms with Crippen LogP contribution in [0.3, 0.4) is 0 Å². The van der Waals surface area contributed by atoms with Crippen LogP contribution in [0, 0.1) is 0 Å². The number of benzene rings is 3. The summed E-state index contributed by atoms with van der Waals surface area (Å²) < 4.78 is 48.9. The summed E-state index contributed by atoms with van der Waals surface area (Å²) in [5, 5.41) is 2.43. The number of methoxy groups -OCH3 is 2. The average molecular weight is 542 g/mol. The fourth-order valence-corrected chi connectivity index (χ4v) is 3.92. The molecular formula is C29H30F3N3O4. The minimum atomic E-state index is -4.46. The zero-order valence-corrected chi connectivity index (χ0v) is 21.6. The van der Waals surface area contributed by atoms with Crippen LogP contribution >= 0.6 is 0 Å². The fraction of sp³-hybridized carbons (Fsp3) is 0.276. The van der Waals surface area contributed by atoms with Crippen molar-refractivity contribution in [3.63, 3.8) is 0 Å². The number of halogens is 3. The topological polar surface area (TPSA) is 103 Å². The van der Waals surface area contributed by atoms with Gasteiger partial charge in [-0.3, -0.25) is 14.9 Å². The maximum absolute atomic E-state index is 13.2. The second-order valence-electron chi connectivity index (χ2n) is 8.80. The Morgan fingerprint density at radius 1 is 0.897 bits per heavy atom. The van der Waals surface area contributed by atoms with Crippen LogP contribution in [0.15, 0.2) is 77.8 Å². The lowest BCUT2D eigenvalue weighted by atomic mass is 9.98. The Morgan fingerprint density at radius 2 is 1.54 bits per heavy atom. The quantitative estimate of drug-likeness (QED) is 0.275. The summed E-state index contributed by atoms with van der Waals surface area (Å²) >= 11 is 0. The lowest BCUT2D eigenvalue weighted by Crippen LogP contribution is -2.40. The summed E-state index contributed by atoms with van der Waals surface area (Å²) in [6.45, 7) is 0. The molecule has 10 heteroatoms. The second kappa shape index (κ2) is 13.5. The van der Waals surface area contributed by atoms with Gasteiger partial charge in [-0.05, 0) is 47.4 Å². The fourth-order valence-electron chi connectivity index (χ4n) is 3.92. The van der Waals surface area contributed by atoms with E-state index in [1.54, 1.807) is 19.2 Å². The number of aryl methyl sites for hydroxylation is 1. The third kappa shape index (κ3) is 8.87. The molecule has 0 aliphatic heterocycles. The van der Waals surface area contributed by atoms with E-state index >= 15 is 0 Å². The van der Waals surface area contributed by atoms with Crippen LogP contribution in [0.4, 0.5) is 13.2 Å². The van der Waals surface area contributed by atoms with Crippen LogP contribution in [-0.2, 0) is 35.0 Å². The minimum Gasteiger partial charge on any atom is -0.493 e. The number of guanidine groups is 1. The minimum absolute atomic E-state index is 0.170. The number of rotatable bonds is 11. The van der Waals surface area contributed by atoms with Gasteiger partial charge in [0, 0.05) is 12.8 Å². The molecule has 7 nitrogen and oxygen atoms in total. The molecule has 1 amide bonds. The zero-order valence-electron chi connectivity index (χ0n) is 21.6. The molecule has 0 saturated heterocycles. The number of nitrogens with zero attached hydrogens (tertiary/aromatic N) is 1. The third-order valence-electron chi connectivity index (χ3n) is 5.96. The number of hydrogen-bond donors (Lipinski definition) is 2. The van der Waals surface area contributed by atoms with Gasteiger partial charge in [-0.25, -0.2) is 4.99 Å². The SMILES string of the molecule is COc1ccc(CCC(=O)[C@@H](Cc2ccccc2)N=C(N)NC(=O)Cc2ccc(C(F)(F)F)cc2)cc1OC. The van der Waals surface area contributed by atoms with Crippen LogP contribution in [-0.4, -0.2) is 37.9 Å². The van der Waals surface area contributed by atoms with Gasteiger partial charge in [-0.15, -0.1) is 0 Å². The molecule has 0 radical (unpaired) electrons. The van der Waals surface area contributed by atoms with Gasteiger partial charge in [0.05, 0.1) is 26.2 Å². The summed E-state index contributed by atoms with van der Waals surface area (Å²) in [6.07, 6.45) is -3.78. The van der Waals surface area contributed by atoms with Crippen molar-refractivity contribution in [2.24, 2.45) is 10.7 Å². The maximum atomic E-state index is 13.2. The normalized spacial score (nSPS) is 12.5. The number of alkyl halides is 3. The van der Waals surface area contributed by atoms with E-state index in [0.717, 1.165) is 23.3 Å². The molecule has 0 aliphatic rings. The summed E-state index contributed by atoms with van der Waals surface area (Å²) in [5.74, 6) is 0.161. The Bertz CT molecular complexity index is 1290. The first-order chi connectivity index (χ1) is 18.6. The molecule has 206 valence electrons. The number of nitrogens with two attached hydrogens (primary N) is 1. The summed E-state index contributed by atoms with van der Waals surface area (Å²) in [7, 11) is 3.08. The number of amides is 1. The number of ether oxygens (including phenoxy) is 2. The number of carbonyl (C=O) groups is 2. The largest absolute Gasteiger partial charge is 0.493 e. The molecule has 0 heterocycles. The number of aliphatic imine (C=N–C) groups is 1. The number of Topliss-reactive ketones (excluding diaryl/α,β-unsaturated/α-hetero) is 1. The first-order valence-corrected chi connectivity index (χ1v) is 12.2. The molecule has 3 rings (SSSR count). The van der Waals surface area contributed by atoms with Crippen molar-refractivity contribution < 1.29 is 32.2 Å². The molecule has 0 saturated carbocycles. The maximum Gasteiger partial charge on any atom is 0.416 e. The van der Waals surface area contributed by atoms with E-state index in [4.69, 9.17) is 15.2 Å². The Kier molecular flexibility index (Phi) is 10.1. The molecule has 0 unspecified atom stereocenters. The van der Waals surface area contributed by atoms with Crippen molar-refractivity contribution in [2.75, 3.05) is 14.2 Å². The molecular weight excluding hydrogens is 511 g/mol. The molecule has 3 aromatic carbocycles. The van der Waals surface area contributed by atoms with E-state index < -0.39 is 23.7 Å². The number of carbonyl (C=O) groups excluding carboxylic acids is 2. The highest BCUT2D eigenvalue weighted by Crippen LogP contribution is 2.29. The molecule has 39 heavy (non-hydrogen) atoms. The van der Waals surface area contributed by atoms with Crippen LogP contribution in [0.1, 0.15) is 28.7 Å². The standard InChI is InChI=1S/C29H30F3N3O4/c1-38-25-15-11-20(17-26(25)39-2)10-14-24(36)23(16-19-6-4-3-5-7-19)34-28(33)35-27(37)18-21-8-12-22(13-9-21)29(30,31)32/h3-9,11-13,15,17,23H,10,14,16,18H2,1-2H3,(H3,33,34,35,37)/t23-/m1/s1. The molecule has 0 fully saturated rings. The Morgan fingerprint density at radius 3 is 2.15 bits per heavy atom.